The van der Waals surface area contributed by atoms with Crippen LogP contribution in [-0.2, 0) is 27.1 Å². The second-order valence-electron chi connectivity index (χ2n) is 9.11. The van der Waals surface area contributed by atoms with Gasteiger partial charge in [-0.3, -0.25) is 4.79 Å². The highest BCUT2D eigenvalue weighted by Crippen LogP contribution is 2.24. The summed E-state index contributed by atoms with van der Waals surface area (Å²) in [7, 11) is 3.04. The number of carbonyl (C=O) groups is 1. The molecule has 3 aromatic carbocycles. The van der Waals surface area contributed by atoms with Gasteiger partial charge in [0.1, 0.15) is 11.5 Å². The highest BCUT2D eigenvalue weighted by Gasteiger charge is 2.14. The number of methoxy groups -OCH3 is 2. The Morgan fingerprint density at radius 1 is 0.865 bits per heavy atom. The van der Waals surface area contributed by atoms with E-state index >= 15 is 0 Å². The van der Waals surface area contributed by atoms with Gasteiger partial charge in [0.05, 0.1) is 27.2 Å². The molecule has 0 spiro atoms. The van der Waals surface area contributed by atoms with Crippen LogP contribution in [0.1, 0.15) is 47.9 Å². The Morgan fingerprint density at radius 3 is 2.41 bits per heavy atom. The monoisotopic (exact) mass is 498 g/mol. The summed E-state index contributed by atoms with van der Waals surface area (Å²) in [5.41, 5.74) is 4.43. The Balaban J connectivity index is 1.59. The molecule has 4 nitrogen and oxygen atoms in total. The second-order valence-corrected chi connectivity index (χ2v) is 9.11. The van der Waals surface area contributed by atoms with E-state index in [1.165, 1.54) is 12.7 Å². The molecule has 1 unspecified atom stereocenters. The van der Waals surface area contributed by atoms with Crippen molar-refractivity contribution in [3.05, 3.63) is 114 Å². The number of unbranched alkanes of at least 4 members (excludes halogenated alkanes) is 2. The van der Waals surface area contributed by atoms with Gasteiger partial charge < -0.3 is 14.2 Å². The molecule has 0 heterocycles. The van der Waals surface area contributed by atoms with Crippen molar-refractivity contribution < 1.29 is 19.0 Å². The van der Waals surface area contributed by atoms with Crippen LogP contribution in [0.15, 0.2) is 91.5 Å². The zero-order valence-electron chi connectivity index (χ0n) is 22.0. The summed E-state index contributed by atoms with van der Waals surface area (Å²) in [5, 5.41) is 0. The SMILES string of the molecule is C=C(OC)c1cccc(CC(/C=C/c2ccccc2OCCCCCc2ccccc2)CC(=O)OC)c1. The van der Waals surface area contributed by atoms with Crippen molar-refractivity contribution in [2.75, 3.05) is 20.8 Å². The summed E-state index contributed by atoms with van der Waals surface area (Å²) < 4.78 is 16.4. The van der Waals surface area contributed by atoms with Crippen molar-refractivity contribution in [1.29, 1.82) is 0 Å². The summed E-state index contributed by atoms with van der Waals surface area (Å²) in [4.78, 5) is 12.1. The zero-order valence-corrected chi connectivity index (χ0v) is 22.0. The van der Waals surface area contributed by atoms with Gasteiger partial charge in [-0.1, -0.05) is 85.5 Å². The molecular formula is C33H38O4. The quantitative estimate of drug-likeness (QED) is 0.123. The van der Waals surface area contributed by atoms with E-state index in [1.807, 2.05) is 36.4 Å². The first-order valence-corrected chi connectivity index (χ1v) is 12.9. The molecule has 0 aliphatic rings. The van der Waals surface area contributed by atoms with Gasteiger partial charge in [-0.15, -0.1) is 0 Å². The minimum atomic E-state index is -0.229. The first-order valence-electron chi connectivity index (χ1n) is 12.9. The Bertz CT molecular complexity index is 1150. The van der Waals surface area contributed by atoms with E-state index < -0.39 is 0 Å². The third-order valence-electron chi connectivity index (χ3n) is 6.33. The van der Waals surface area contributed by atoms with Gasteiger partial charge in [0.25, 0.3) is 0 Å². The van der Waals surface area contributed by atoms with Crippen LogP contribution in [0.25, 0.3) is 11.8 Å². The van der Waals surface area contributed by atoms with Crippen molar-refractivity contribution in [1.82, 2.24) is 0 Å². The minimum absolute atomic E-state index is 0.0236. The predicted octanol–water partition coefficient (Wildman–Crippen LogP) is 7.53. The van der Waals surface area contributed by atoms with Crippen molar-refractivity contribution in [2.45, 2.75) is 38.5 Å². The van der Waals surface area contributed by atoms with Crippen molar-refractivity contribution in [3.8, 4) is 5.75 Å². The molecule has 1 atom stereocenters. The Labute approximate surface area is 221 Å². The number of para-hydroxylation sites is 1. The van der Waals surface area contributed by atoms with E-state index in [4.69, 9.17) is 14.2 Å². The fraction of sp³-hybridized carbons (Fsp3) is 0.303. The van der Waals surface area contributed by atoms with Gasteiger partial charge in [0.15, 0.2) is 0 Å². The lowest BCUT2D eigenvalue weighted by Gasteiger charge is -2.14. The first-order chi connectivity index (χ1) is 18.1. The fourth-order valence-electron chi connectivity index (χ4n) is 4.22. The number of benzene rings is 3. The van der Waals surface area contributed by atoms with E-state index in [-0.39, 0.29) is 11.9 Å². The molecule has 194 valence electrons. The summed E-state index contributed by atoms with van der Waals surface area (Å²) >= 11 is 0. The largest absolute Gasteiger partial charge is 0.497 e. The van der Waals surface area contributed by atoms with E-state index in [0.717, 1.165) is 48.1 Å². The van der Waals surface area contributed by atoms with Gasteiger partial charge in [0, 0.05) is 11.1 Å². The van der Waals surface area contributed by atoms with Crippen molar-refractivity contribution in [3.63, 3.8) is 0 Å². The minimum Gasteiger partial charge on any atom is -0.497 e. The lowest BCUT2D eigenvalue weighted by molar-refractivity contribution is -0.141. The van der Waals surface area contributed by atoms with E-state index in [1.54, 1.807) is 7.11 Å². The molecule has 0 saturated carbocycles. The van der Waals surface area contributed by atoms with Crippen LogP contribution in [0, 0.1) is 5.92 Å². The number of allylic oxidation sites excluding steroid dienone is 1. The molecular weight excluding hydrogens is 460 g/mol. The van der Waals surface area contributed by atoms with Gasteiger partial charge in [0.2, 0.25) is 0 Å². The molecule has 0 radical (unpaired) electrons. The van der Waals surface area contributed by atoms with E-state index in [2.05, 4.69) is 61.2 Å². The zero-order chi connectivity index (χ0) is 26.3. The molecule has 3 rings (SSSR count). The molecule has 0 fully saturated rings. The standard InChI is InChI=1S/C33H38O4/c1-26(35-2)31-18-12-16-28(24-31)23-29(25-33(34)36-3)20-21-30-17-9-10-19-32(30)37-22-11-5-8-15-27-13-6-4-7-14-27/h4,6-7,9-10,12-14,16-21,24,29H,1,5,8,11,15,22-23,25H2,2-3H3/b21-20+. The number of hydrogen-bond donors (Lipinski definition) is 0. The number of hydrogen-bond acceptors (Lipinski definition) is 4. The number of carbonyl (C=O) groups excluding carboxylic acids is 1. The molecule has 0 aliphatic heterocycles. The first kappa shape index (κ1) is 27.8. The Hall–Kier alpha value is -3.79. The van der Waals surface area contributed by atoms with Crippen LogP contribution < -0.4 is 4.74 Å². The predicted molar refractivity (Wildman–Crippen MR) is 151 cm³/mol. The maximum absolute atomic E-state index is 12.1. The third-order valence-corrected chi connectivity index (χ3v) is 6.33. The average Bonchev–Trinajstić information content (AvgIpc) is 2.94. The number of aryl methyl sites for hydroxylation is 1. The normalized spacial score (nSPS) is 11.7. The van der Waals surface area contributed by atoms with E-state index in [0.29, 0.717) is 25.2 Å². The van der Waals surface area contributed by atoms with Gasteiger partial charge >= 0.3 is 5.97 Å². The van der Waals surface area contributed by atoms with Crippen LogP contribution in [-0.4, -0.2) is 26.8 Å². The second kappa shape index (κ2) is 15.4. The molecule has 4 heteroatoms. The lowest BCUT2D eigenvalue weighted by atomic mass is 9.94. The molecule has 0 amide bonds. The summed E-state index contributed by atoms with van der Waals surface area (Å²) in [5.74, 6) is 1.22. The van der Waals surface area contributed by atoms with Crippen molar-refractivity contribution in [2.24, 2.45) is 5.92 Å². The lowest BCUT2D eigenvalue weighted by Crippen LogP contribution is -2.11. The smallest absolute Gasteiger partial charge is 0.306 e. The van der Waals surface area contributed by atoms with Crippen molar-refractivity contribution >= 4 is 17.8 Å². The topological polar surface area (TPSA) is 44.8 Å². The molecule has 0 N–H and O–H groups in total. The van der Waals surface area contributed by atoms with Crippen LogP contribution in [0.2, 0.25) is 0 Å². The fourth-order valence-corrected chi connectivity index (χ4v) is 4.22. The van der Waals surface area contributed by atoms with Crippen LogP contribution >= 0.6 is 0 Å². The summed E-state index contributed by atoms with van der Waals surface area (Å²) in [6, 6.07) is 26.7. The molecule has 0 aromatic heterocycles. The number of rotatable bonds is 15. The van der Waals surface area contributed by atoms with Gasteiger partial charge in [-0.2, -0.15) is 0 Å². The van der Waals surface area contributed by atoms with Crippen LogP contribution in [0.5, 0.6) is 5.75 Å². The maximum atomic E-state index is 12.1. The summed E-state index contributed by atoms with van der Waals surface area (Å²) in [6.07, 6.45) is 9.52. The molecule has 0 saturated heterocycles. The highest BCUT2D eigenvalue weighted by atomic mass is 16.5. The Morgan fingerprint density at radius 2 is 1.62 bits per heavy atom. The maximum Gasteiger partial charge on any atom is 0.306 e. The molecule has 3 aromatic rings. The van der Waals surface area contributed by atoms with Crippen LogP contribution in [0.3, 0.4) is 0 Å². The third kappa shape index (κ3) is 9.64. The van der Waals surface area contributed by atoms with Gasteiger partial charge in [-0.05, 0) is 61.3 Å². The van der Waals surface area contributed by atoms with E-state index in [9.17, 15) is 4.79 Å². The van der Waals surface area contributed by atoms with Crippen LogP contribution in [0.4, 0.5) is 0 Å². The molecule has 37 heavy (non-hydrogen) atoms. The Kier molecular flexibility index (Phi) is 11.5. The number of ether oxygens (including phenoxy) is 3. The van der Waals surface area contributed by atoms with Gasteiger partial charge in [-0.25, -0.2) is 0 Å². The number of esters is 1. The average molecular weight is 499 g/mol. The molecule has 0 bridgehead atoms. The highest BCUT2D eigenvalue weighted by molar-refractivity contribution is 5.70. The summed E-state index contributed by atoms with van der Waals surface area (Å²) in [6.45, 7) is 4.62. The molecule has 0 aliphatic carbocycles.